The first-order valence-electron chi connectivity index (χ1n) is 8.98. The Morgan fingerprint density at radius 3 is 2.52 bits per heavy atom. The van der Waals surface area contributed by atoms with Gasteiger partial charge >= 0.3 is 0 Å². The Bertz CT molecular complexity index is 453. The Morgan fingerprint density at radius 2 is 1.86 bits per heavy atom. The lowest BCUT2D eigenvalue weighted by atomic mass is 9.51. The summed E-state index contributed by atoms with van der Waals surface area (Å²) in [5.74, 6) is 6.71. The summed E-state index contributed by atoms with van der Waals surface area (Å²) in [4.78, 5) is 4.55. The fourth-order valence-corrected chi connectivity index (χ4v) is 5.53. The summed E-state index contributed by atoms with van der Waals surface area (Å²) in [7, 11) is 0. The van der Waals surface area contributed by atoms with E-state index in [4.69, 9.17) is 4.42 Å². The van der Waals surface area contributed by atoms with Gasteiger partial charge in [-0.15, -0.1) is 0 Å². The summed E-state index contributed by atoms with van der Waals surface area (Å²) in [6, 6.07) is 0. The largest absolute Gasteiger partial charge is 0.445 e. The van der Waals surface area contributed by atoms with E-state index >= 15 is 0 Å². The van der Waals surface area contributed by atoms with Crippen molar-refractivity contribution < 1.29 is 4.42 Å². The van der Waals surface area contributed by atoms with E-state index in [0.717, 1.165) is 55.5 Å². The van der Waals surface area contributed by atoms with Gasteiger partial charge in [-0.05, 0) is 75.3 Å². The molecule has 4 fully saturated rings. The third-order valence-electron chi connectivity index (χ3n) is 6.12. The Labute approximate surface area is 127 Å². The van der Waals surface area contributed by atoms with Crippen LogP contribution >= 0.6 is 0 Å². The lowest BCUT2D eigenvalue weighted by Gasteiger charge is -2.53. The first-order chi connectivity index (χ1) is 10.3. The van der Waals surface area contributed by atoms with Gasteiger partial charge in [0.2, 0.25) is 0 Å². The number of oxazole rings is 1. The average Bonchev–Trinajstić information content (AvgIpc) is 2.91. The minimum atomic E-state index is 0.688. The van der Waals surface area contributed by atoms with Crippen molar-refractivity contribution in [2.45, 2.75) is 57.8 Å². The fraction of sp³-hybridized carbons (Fsp3) is 0.833. The van der Waals surface area contributed by atoms with Crippen molar-refractivity contribution in [2.75, 3.05) is 13.1 Å². The highest BCUT2D eigenvalue weighted by Crippen LogP contribution is 2.59. The van der Waals surface area contributed by atoms with Crippen LogP contribution in [0.2, 0.25) is 0 Å². The van der Waals surface area contributed by atoms with Crippen LogP contribution in [0.1, 0.15) is 63.0 Å². The number of aryl methyl sites for hydroxylation is 1. The van der Waals surface area contributed by atoms with E-state index in [9.17, 15) is 0 Å². The predicted molar refractivity (Wildman–Crippen MR) is 83.2 cm³/mol. The average molecular weight is 288 g/mol. The lowest BCUT2D eigenvalue weighted by Crippen LogP contribution is -2.43. The number of hydrogen-bond acceptors (Lipinski definition) is 3. The SMILES string of the molecule is CCNCCCc1ncc(C2C3CC4CC(C3)CC2C4)o1. The molecule has 0 aromatic carbocycles. The molecule has 4 bridgehead atoms. The molecule has 0 spiro atoms. The molecule has 116 valence electrons. The molecule has 0 radical (unpaired) electrons. The molecular weight excluding hydrogens is 260 g/mol. The van der Waals surface area contributed by atoms with E-state index < -0.39 is 0 Å². The molecular formula is C18H28N2O. The second-order valence-corrected chi connectivity index (χ2v) is 7.57. The van der Waals surface area contributed by atoms with Gasteiger partial charge in [-0.3, -0.25) is 0 Å². The molecule has 4 aliphatic carbocycles. The van der Waals surface area contributed by atoms with Gasteiger partial charge < -0.3 is 9.73 Å². The van der Waals surface area contributed by atoms with Crippen molar-refractivity contribution in [3.05, 3.63) is 17.8 Å². The second-order valence-electron chi connectivity index (χ2n) is 7.57. The lowest BCUT2D eigenvalue weighted by molar-refractivity contribution is -0.00992. The number of nitrogens with zero attached hydrogens (tertiary/aromatic N) is 1. The zero-order valence-corrected chi connectivity index (χ0v) is 13.2. The molecule has 0 amide bonds. The second kappa shape index (κ2) is 5.75. The number of hydrogen-bond donors (Lipinski definition) is 1. The van der Waals surface area contributed by atoms with E-state index in [1.807, 2.05) is 0 Å². The van der Waals surface area contributed by atoms with Crippen molar-refractivity contribution in [3.63, 3.8) is 0 Å². The van der Waals surface area contributed by atoms with Crippen molar-refractivity contribution in [3.8, 4) is 0 Å². The van der Waals surface area contributed by atoms with Gasteiger partial charge in [0.1, 0.15) is 5.76 Å². The van der Waals surface area contributed by atoms with Crippen LogP contribution in [0.25, 0.3) is 0 Å². The zero-order valence-electron chi connectivity index (χ0n) is 13.2. The van der Waals surface area contributed by atoms with Crippen LogP contribution in [0.15, 0.2) is 10.6 Å². The van der Waals surface area contributed by atoms with E-state index in [-0.39, 0.29) is 0 Å². The Morgan fingerprint density at radius 1 is 1.14 bits per heavy atom. The molecule has 0 aliphatic heterocycles. The number of aromatic nitrogens is 1. The standard InChI is InChI=1S/C18H28N2O/c1-2-19-5-3-4-17-20-11-16(21-17)18-14-7-12-6-13(9-14)10-15(18)8-12/h11-15,18-19H,2-10H2,1H3. The van der Waals surface area contributed by atoms with Gasteiger partial charge in [-0.25, -0.2) is 4.98 Å². The molecule has 21 heavy (non-hydrogen) atoms. The van der Waals surface area contributed by atoms with Crippen molar-refractivity contribution in [2.24, 2.45) is 23.7 Å². The molecule has 4 aliphatic rings. The van der Waals surface area contributed by atoms with E-state index in [2.05, 4.69) is 23.4 Å². The Kier molecular flexibility index (Phi) is 3.78. The highest BCUT2D eigenvalue weighted by atomic mass is 16.4. The van der Waals surface area contributed by atoms with Gasteiger partial charge in [-0.2, -0.15) is 0 Å². The van der Waals surface area contributed by atoms with Crippen LogP contribution < -0.4 is 5.32 Å². The third-order valence-corrected chi connectivity index (χ3v) is 6.12. The van der Waals surface area contributed by atoms with Crippen LogP contribution in [0.4, 0.5) is 0 Å². The first-order valence-corrected chi connectivity index (χ1v) is 8.98. The summed E-state index contributed by atoms with van der Waals surface area (Å²) in [6.45, 7) is 4.26. The van der Waals surface area contributed by atoms with Gasteiger partial charge in [0.15, 0.2) is 5.89 Å². The molecule has 0 atom stereocenters. The highest BCUT2D eigenvalue weighted by Gasteiger charge is 2.49. The smallest absolute Gasteiger partial charge is 0.194 e. The van der Waals surface area contributed by atoms with Gasteiger partial charge in [0.25, 0.3) is 0 Å². The van der Waals surface area contributed by atoms with Crippen molar-refractivity contribution >= 4 is 0 Å². The molecule has 1 aromatic rings. The molecule has 1 heterocycles. The van der Waals surface area contributed by atoms with Crippen LogP contribution in [-0.2, 0) is 6.42 Å². The maximum absolute atomic E-state index is 6.15. The van der Waals surface area contributed by atoms with Crippen LogP contribution in [0.5, 0.6) is 0 Å². The maximum Gasteiger partial charge on any atom is 0.194 e. The van der Waals surface area contributed by atoms with Crippen molar-refractivity contribution in [1.29, 1.82) is 0 Å². The highest BCUT2D eigenvalue weighted by molar-refractivity contribution is 5.13. The summed E-state index contributed by atoms with van der Waals surface area (Å²) >= 11 is 0. The molecule has 1 aromatic heterocycles. The third kappa shape index (κ3) is 2.65. The minimum absolute atomic E-state index is 0.688. The quantitative estimate of drug-likeness (QED) is 0.810. The summed E-state index contributed by atoms with van der Waals surface area (Å²) in [6.07, 6.45) is 11.5. The normalized spacial score (nSPS) is 37.3. The summed E-state index contributed by atoms with van der Waals surface area (Å²) in [5, 5.41) is 3.36. The van der Waals surface area contributed by atoms with E-state index in [1.165, 1.54) is 37.9 Å². The van der Waals surface area contributed by atoms with Gasteiger partial charge in [0.05, 0.1) is 6.20 Å². The zero-order chi connectivity index (χ0) is 14.2. The predicted octanol–water partition coefficient (Wildman–Crippen LogP) is 3.76. The Hall–Kier alpha value is -0.830. The van der Waals surface area contributed by atoms with Crippen LogP contribution in [0.3, 0.4) is 0 Å². The van der Waals surface area contributed by atoms with Crippen LogP contribution in [-0.4, -0.2) is 18.1 Å². The van der Waals surface area contributed by atoms with Crippen LogP contribution in [0, 0.1) is 23.7 Å². The molecule has 0 unspecified atom stereocenters. The Balaban J connectivity index is 1.41. The number of rotatable bonds is 6. The molecule has 5 rings (SSSR count). The first kappa shape index (κ1) is 13.8. The van der Waals surface area contributed by atoms with Crippen molar-refractivity contribution in [1.82, 2.24) is 10.3 Å². The summed E-state index contributed by atoms with van der Waals surface area (Å²) in [5.41, 5.74) is 0. The van der Waals surface area contributed by atoms with E-state index in [0.29, 0.717) is 5.92 Å². The number of nitrogens with one attached hydrogen (secondary N) is 1. The monoisotopic (exact) mass is 288 g/mol. The molecule has 1 N–H and O–H groups in total. The fourth-order valence-electron chi connectivity index (χ4n) is 5.53. The molecule has 4 saturated carbocycles. The molecule has 3 heteroatoms. The summed E-state index contributed by atoms with van der Waals surface area (Å²) < 4.78 is 6.15. The minimum Gasteiger partial charge on any atom is -0.445 e. The molecule has 3 nitrogen and oxygen atoms in total. The topological polar surface area (TPSA) is 38.1 Å². The van der Waals surface area contributed by atoms with E-state index in [1.54, 1.807) is 0 Å². The van der Waals surface area contributed by atoms with Gasteiger partial charge in [-0.1, -0.05) is 6.92 Å². The van der Waals surface area contributed by atoms with Gasteiger partial charge in [0, 0.05) is 12.3 Å². The molecule has 0 saturated heterocycles. The maximum atomic E-state index is 6.15.